The lowest BCUT2D eigenvalue weighted by atomic mass is 10.0. The van der Waals surface area contributed by atoms with Crippen LogP contribution in [0, 0.1) is 20.8 Å². The summed E-state index contributed by atoms with van der Waals surface area (Å²) >= 11 is 0. The second-order valence-electron chi connectivity index (χ2n) is 6.36. The van der Waals surface area contributed by atoms with E-state index in [-0.39, 0.29) is 17.9 Å². The maximum atomic E-state index is 11.5. The SMILES string of the molecule is CC(=O)NC1CN(Cc2c(C)noc2C)CC1c1ccc(C)o1. The summed E-state index contributed by atoms with van der Waals surface area (Å²) in [4.78, 5) is 13.8. The van der Waals surface area contributed by atoms with E-state index in [1.165, 1.54) is 0 Å². The highest BCUT2D eigenvalue weighted by molar-refractivity contribution is 5.73. The summed E-state index contributed by atoms with van der Waals surface area (Å²) in [6.07, 6.45) is 0. The standard InChI is InChI=1S/C17H23N3O3/c1-10-5-6-17(22-10)15-8-20(9-16(15)18-13(4)21)7-14-11(2)19-23-12(14)3/h5-6,15-16H,7-9H2,1-4H3,(H,18,21). The van der Waals surface area contributed by atoms with Crippen LogP contribution in [0.5, 0.6) is 0 Å². The third-order valence-corrected chi connectivity index (χ3v) is 4.47. The fourth-order valence-electron chi connectivity index (χ4n) is 3.31. The average molecular weight is 317 g/mol. The van der Waals surface area contributed by atoms with Crippen LogP contribution in [-0.2, 0) is 11.3 Å². The molecule has 6 heteroatoms. The van der Waals surface area contributed by atoms with Gasteiger partial charge >= 0.3 is 0 Å². The van der Waals surface area contributed by atoms with E-state index in [2.05, 4.69) is 15.4 Å². The smallest absolute Gasteiger partial charge is 0.217 e. The van der Waals surface area contributed by atoms with Gasteiger partial charge in [0.15, 0.2) is 0 Å². The number of amides is 1. The molecule has 1 N–H and O–H groups in total. The lowest BCUT2D eigenvalue weighted by Crippen LogP contribution is -2.38. The van der Waals surface area contributed by atoms with Gasteiger partial charge in [-0.15, -0.1) is 0 Å². The molecule has 0 bridgehead atoms. The van der Waals surface area contributed by atoms with Crippen LogP contribution in [-0.4, -0.2) is 35.1 Å². The number of carbonyl (C=O) groups is 1. The number of nitrogens with one attached hydrogen (secondary N) is 1. The molecule has 1 aliphatic rings. The normalized spacial score (nSPS) is 21.7. The largest absolute Gasteiger partial charge is 0.466 e. The highest BCUT2D eigenvalue weighted by Gasteiger charge is 2.36. The molecule has 0 aromatic carbocycles. The molecule has 2 atom stereocenters. The Kier molecular flexibility index (Phi) is 4.26. The first-order valence-corrected chi connectivity index (χ1v) is 7.91. The number of carbonyl (C=O) groups excluding carboxylic acids is 1. The fourth-order valence-corrected chi connectivity index (χ4v) is 3.31. The summed E-state index contributed by atoms with van der Waals surface area (Å²) in [5, 5.41) is 7.07. The fraction of sp³-hybridized carbons (Fsp3) is 0.529. The van der Waals surface area contributed by atoms with Crippen LogP contribution in [0.1, 0.15) is 41.4 Å². The maximum absolute atomic E-state index is 11.5. The Bertz CT molecular complexity index is 684. The van der Waals surface area contributed by atoms with Gasteiger partial charge in [-0.1, -0.05) is 5.16 Å². The van der Waals surface area contributed by atoms with E-state index < -0.39 is 0 Å². The van der Waals surface area contributed by atoms with Crippen molar-refractivity contribution in [1.82, 2.24) is 15.4 Å². The molecule has 0 spiro atoms. The zero-order valence-corrected chi connectivity index (χ0v) is 14.0. The molecular formula is C17H23N3O3. The highest BCUT2D eigenvalue weighted by Crippen LogP contribution is 2.30. The van der Waals surface area contributed by atoms with E-state index in [9.17, 15) is 4.79 Å². The van der Waals surface area contributed by atoms with Gasteiger partial charge in [-0.05, 0) is 32.9 Å². The van der Waals surface area contributed by atoms with Crippen molar-refractivity contribution in [2.75, 3.05) is 13.1 Å². The molecule has 0 aliphatic carbocycles. The molecule has 0 radical (unpaired) electrons. The molecule has 1 aliphatic heterocycles. The van der Waals surface area contributed by atoms with Crippen LogP contribution in [0.15, 0.2) is 21.1 Å². The van der Waals surface area contributed by atoms with Crippen molar-refractivity contribution in [1.29, 1.82) is 0 Å². The minimum absolute atomic E-state index is 0.0116. The first-order valence-electron chi connectivity index (χ1n) is 7.91. The molecule has 6 nitrogen and oxygen atoms in total. The lowest BCUT2D eigenvalue weighted by Gasteiger charge is -2.17. The highest BCUT2D eigenvalue weighted by atomic mass is 16.5. The Balaban J connectivity index is 1.78. The minimum atomic E-state index is -0.0116. The van der Waals surface area contributed by atoms with Crippen molar-refractivity contribution in [3.05, 3.63) is 40.7 Å². The van der Waals surface area contributed by atoms with E-state index in [0.29, 0.717) is 0 Å². The zero-order chi connectivity index (χ0) is 16.6. The van der Waals surface area contributed by atoms with Crippen LogP contribution in [0.4, 0.5) is 0 Å². The zero-order valence-electron chi connectivity index (χ0n) is 14.0. The van der Waals surface area contributed by atoms with Gasteiger partial charge in [0, 0.05) is 32.1 Å². The summed E-state index contributed by atoms with van der Waals surface area (Å²) in [6, 6.07) is 4.03. The number of nitrogens with zero attached hydrogens (tertiary/aromatic N) is 2. The molecule has 1 fully saturated rings. The van der Waals surface area contributed by atoms with Crippen LogP contribution < -0.4 is 5.32 Å². The molecule has 124 valence electrons. The molecule has 2 aromatic heterocycles. The molecule has 23 heavy (non-hydrogen) atoms. The summed E-state index contributed by atoms with van der Waals surface area (Å²) in [7, 11) is 0. The van der Waals surface area contributed by atoms with Crippen molar-refractivity contribution in [2.24, 2.45) is 0 Å². The molecule has 3 heterocycles. The van der Waals surface area contributed by atoms with Gasteiger partial charge in [0.1, 0.15) is 17.3 Å². The summed E-state index contributed by atoms with van der Waals surface area (Å²) < 4.78 is 11.0. The Labute approximate surface area is 135 Å². The molecule has 3 rings (SSSR count). The van der Waals surface area contributed by atoms with Gasteiger partial charge < -0.3 is 14.3 Å². The predicted octanol–water partition coefficient (Wildman–Crippen LogP) is 2.30. The molecular weight excluding hydrogens is 294 g/mol. The third-order valence-electron chi connectivity index (χ3n) is 4.47. The molecule has 1 saturated heterocycles. The monoisotopic (exact) mass is 317 g/mol. The number of rotatable bonds is 4. The van der Waals surface area contributed by atoms with Gasteiger partial charge in [-0.25, -0.2) is 0 Å². The van der Waals surface area contributed by atoms with E-state index in [1.807, 2.05) is 32.9 Å². The van der Waals surface area contributed by atoms with E-state index in [1.54, 1.807) is 6.92 Å². The molecule has 1 amide bonds. The number of hydrogen-bond acceptors (Lipinski definition) is 5. The molecule has 2 aromatic rings. The second-order valence-corrected chi connectivity index (χ2v) is 6.36. The van der Waals surface area contributed by atoms with Crippen LogP contribution in [0.3, 0.4) is 0 Å². The first-order chi connectivity index (χ1) is 10.9. The van der Waals surface area contributed by atoms with Gasteiger partial charge in [-0.2, -0.15) is 0 Å². The van der Waals surface area contributed by atoms with Gasteiger partial charge in [0.25, 0.3) is 0 Å². The number of aromatic nitrogens is 1. The molecule has 0 saturated carbocycles. The van der Waals surface area contributed by atoms with Gasteiger partial charge in [0.2, 0.25) is 5.91 Å². The van der Waals surface area contributed by atoms with E-state index in [4.69, 9.17) is 8.94 Å². The van der Waals surface area contributed by atoms with Gasteiger partial charge in [0.05, 0.1) is 17.7 Å². The van der Waals surface area contributed by atoms with Crippen molar-refractivity contribution < 1.29 is 13.7 Å². The predicted molar refractivity (Wildman–Crippen MR) is 85.0 cm³/mol. The maximum Gasteiger partial charge on any atom is 0.217 e. The summed E-state index contributed by atoms with van der Waals surface area (Å²) in [5.41, 5.74) is 2.05. The average Bonchev–Trinajstić information content (AvgIpc) is 3.14. The Hall–Kier alpha value is -2.08. The van der Waals surface area contributed by atoms with Gasteiger partial charge in [-0.3, -0.25) is 9.69 Å². The van der Waals surface area contributed by atoms with Crippen molar-refractivity contribution in [2.45, 2.75) is 46.2 Å². The first kappa shape index (κ1) is 15.8. The number of hydrogen-bond donors (Lipinski definition) is 1. The third kappa shape index (κ3) is 3.32. The van der Waals surface area contributed by atoms with Crippen LogP contribution >= 0.6 is 0 Å². The van der Waals surface area contributed by atoms with Crippen molar-refractivity contribution >= 4 is 5.91 Å². The van der Waals surface area contributed by atoms with Crippen LogP contribution in [0.2, 0.25) is 0 Å². The lowest BCUT2D eigenvalue weighted by molar-refractivity contribution is -0.119. The van der Waals surface area contributed by atoms with E-state index in [0.717, 1.165) is 48.2 Å². The Morgan fingerprint density at radius 1 is 1.35 bits per heavy atom. The topological polar surface area (TPSA) is 71.5 Å². The second kappa shape index (κ2) is 6.20. The summed E-state index contributed by atoms with van der Waals surface area (Å²) in [6.45, 7) is 9.78. The minimum Gasteiger partial charge on any atom is -0.466 e. The number of likely N-dealkylation sites (tertiary alicyclic amines) is 1. The Morgan fingerprint density at radius 2 is 2.13 bits per heavy atom. The molecule has 2 unspecified atom stereocenters. The summed E-state index contributed by atoms with van der Waals surface area (Å²) in [5.74, 6) is 2.83. The van der Waals surface area contributed by atoms with Crippen LogP contribution in [0.25, 0.3) is 0 Å². The van der Waals surface area contributed by atoms with Crippen molar-refractivity contribution in [3.63, 3.8) is 0 Å². The number of aryl methyl sites for hydroxylation is 3. The van der Waals surface area contributed by atoms with Crippen molar-refractivity contribution in [3.8, 4) is 0 Å². The van der Waals surface area contributed by atoms with E-state index >= 15 is 0 Å². The quantitative estimate of drug-likeness (QED) is 0.937. The number of furan rings is 1. The Morgan fingerprint density at radius 3 is 2.70 bits per heavy atom.